The first-order valence-corrected chi connectivity index (χ1v) is 11.0. The van der Waals surface area contributed by atoms with Gasteiger partial charge in [0.15, 0.2) is 0 Å². The average molecular weight is 449 g/mol. The molecule has 0 spiro atoms. The van der Waals surface area contributed by atoms with Crippen LogP contribution in [0.2, 0.25) is 0 Å². The molecule has 8 heteroatoms. The van der Waals surface area contributed by atoms with Crippen molar-refractivity contribution in [1.82, 2.24) is 4.98 Å². The molecule has 0 bridgehead atoms. The van der Waals surface area contributed by atoms with Crippen LogP contribution in [0, 0.1) is 17.0 Å². The molecule has 1 heterocycles. The molecule has 7 nitrogen and oxygen atoms in total. The van der Waals surface area contributed by atoms with Gasteiger partial charge in [0.05, 0.1) is 21.0 Å². The monoisotopic (exact) mass is 448 g/mol. The van der Waals surface area contributed by atoms with Crippen LogP contribution in [0.25, 0.3) is 23.1 Å². The highest BCUT2D eigenvalue weighted by Crippen LogP contribution is 2.16. The van der Waals surface area contributed by atoms with Gasteiger partial charge in [-0.15, -0.1) is 0 Å². The van der Waals surface area contributed by atoms with Crippen molar-refractivity contribution in [3.05, 3.63) is 112 Å². The normalized spacial score (nSPS) is 11.2. The highest BCUT2D eigenvalue weighted by atomic mass is 32.2. The number of aryl methyl sites for hydroxylation is 1. The summed E-state index contributed by atoms with van der Waals surface area (Å²) < 4.78 is 29.6. The zero-order valence-electron chi connectivity index (χ0n) is 17.1. The summed E-state index contributed by atoms with van der Waals surface area (Å²) in [4.78, 5) is 14.7. The molecular weight excluding hydrogens is 428 g/mol. The molecule has 0 unspecified atom stereocenters. The Hall–Kier alpha value is -3.88. The van der Waals surface area contributed by atoms with Gasteiger partial charge < -0.3 is 0 Å². The Labute approximate surface area is 185 Å². The molecule has 1 aromatic heterocycles. The van der Waals surface area contributed by atoms with Crippen molar-refractivity contribution >= 4 is 38.9 Å². The van der Waals surface area contributed by atoms with Gasteiger partial charge in [-0.25, -0.2) is 4.98 Å². The number of aromatic nitrogens is 1. The van der Waals surface area contributed by atoms with E-state index in [0.717, 1.165) is 27.7 Å². The molecule has 0 atom stereocenters. The summed E-state index contributed by atoms with van der Waals surface area (Å²) in [5.41, 5.74) is 3.75. The van der Waals surface area contributed by atoms with Gasteiger partial charge in [0, 0.05) is 17.5 Å². The SMILES string of the molecule is Cc1ccc(S(=O)(=O)O)cc1.O=[N+]([O-])c1ccc(C=Cc2ccc3ccccc3n2)cc1. The smallest absolute Gasteiger partial charge is 0.282 e. The van der Waals surface area contributed by atoms with Gasteiger partial charge in [-0.1, -0.05) is 48.0 Å². The Morgan fingerprint density at radius 2 is 1.53 bits per heavy atom. The maximum atomic E-state index is 10.6. The van der Waals surface area contributed by atoms with Crippen molar-refractivity contribution in [2.24, 2.45) is 0 Å². The molecule has 0 saturated carbocycles. The van der Waals surface area contributed by atoms with Gasteiger partial charge in [0.25, 0.3) is 15.8 Å². The van der Waals surface area contributed by atoms with Gasteiger partial charge in [-0.3, -0.25) is 14.7 Å². The van der Waals surface area contributed by atoms with E-state index in [1.54, 1.807) is 24.3 Å². The standard InChI is InChI=1S/C17H12N2O2.C7H8O3S/c20-19(21)16-11-6-13(7-12-16)5-9-15-10-8-14-3-1-2-4-17(14)18-15;1-6-2-4-7(5-3-6)11(8,9)10/h1-12H;2-5H,1H3,(H,8,9,10). The largest absolute Gasteiger partial charge is 0.294 e. The minimum absolute atomic E-state index is 0.0666. The van der Waals surface area contributed by atoms with Crippen molar-refractivity contribution < 1.29 is 17.9 Å². The number of benzene rings is 3. The number of nitro benzene ring substituents is 1. The van der Waals surface area contributed by atoms with E-state index >= 15 is 0 Å². The second kappa shape index (κ2) is 9.95. The zero-order valence-corrected chi connectivity index (χ0v) is 17.9. The maximum Gasteiger partial charge on any atom is 0.294 e. The molecule has 0 aliphatic carbocycles. The van der Waals surface area contributed by atoms with Crippen molar-refractivity contribution in [3.8, 4) is 0 Å². The molecule has 3 aromatic carbocycles. The maximum absolute atomic E-state index is 10.6. The Balaban J connectivity index is 0.000000222. The molecule has 0 aliphatic rings. The first-order valence-electron chi connectivity index (χ1n) is 9.55. The van der Waals surface area contributed by atoms with E-state index in [1.807, 2.05) is 55.5 Å². The number of nitro groups is 1. The van der Waals surface area contributed by atoms with Crippen molar-refractivity contribution in [2.45, 2.75) is 11.8 Å². The summed E-state index contributed by atoms with van der Waals surface area (Å²) in [7, 11) is -4.02. The number of fused-ring (bicyclic) bond motifs is 1. The lowest BCUT2D eigenvalue weighted by molar-refractivity contribution is -0.384. The Kier molecular flexibility index (Phi) is 7.09. The summed E-state index contributed by atoms with van der Waals surface area (Å²) in [6, 6.07) is 24.3. The van der Waals surface area contributed by atoms with Gasteiger partial charge in [0.1, 0.15) is 0 Å². The first kappa shape index (κ1) is 22.8. The highest BCUT2D eigenvalue weighted by molar-refractivity contribution is 7.85. The minimum atomic E-state index is -4.02. The molecule has 4 aromatic rings. The van der Waals surface area contributed by atoms with Gasteiger partial charge >= 0.3 is 0 Å². The molecule has 0 saturated heterocycles. The van der Waals surface area contributed by atoms with Crippen LogP contribution in [0.1, 0.15) is 16.8 Å². The van der Waals surface area contributed by atoms with E-state index in [9.17, 15) is 18.5 Å². The van der Waals surface area contributed by atoms with Crippen molar-refractivity contribution in [2.75, 3.05) is 0 Å². The fraction of sp³-hybridized carbons (Fsp3) is 0.0417. The van der Waals surface area contributed by atoms with Crippen LogP contribution in [0.3, 0.4) is 0 Å². The molecule has 1 N–H and O–H groups in total. The fourth-order valence-corrected chi connectivity index (χ4v) is 3.25. The third kappa shape index (κ3) is 6.31. The van der Waals surface area contributed by atoms with Crippen molar-refractivity contribution in [3.63, 3.8) is 0 Å². The third-order valence-electron chi connectivity index (χ3n) is 4.49. The van der Waals surface area contributed by atoms with E-state index in [2.05, 4.69) is 4.98 Å². The van der Waals surface area contributed by atoms with Gasteiger partial charge in [-0.05, 0) is 55.0 Å². The number of para-hydroxylation sites is 1. The van der Waals surface area contributed by atoms with Crippen LogP contribution in [0.4, 0.5) is 5.69 Å². The van der Waals surface area contributed by atoms with Crippen LogP contribution in [-0.2, 0) is 10.1 Å². The molecular formula is C24H20N2O5S. The van der Waals surface area contributed by atoms with E-state index in [4.69, 9.17) is 4.55 Å². The average Bonchev–Trinajstić information content (AvgIpc) is 2.78. The summed E-state index contributed by atoms with van der Waals surface area (Å²) in [6.07, 6.45) is 3.79. The van der Waals surface area contributed by atoms with Gasteiger partial charge in [-0.2, -0.15) is 8.42 Å². The lowest BCUT2D eigenvalue weighted by Gasteiger charge is -1.98. The lowest BCUT2D eigenvalue weighted by Crippen LogP contribution is -1.96. The molecule has 0 amide bonds. The predicted molar refractivity (Wildman–Crippen MR) is 125 cm³/mol. The third-order valence-corrected chi connectivity index (χ3v) is 5.36. The summed E-state index contributed by atoms with van der Waals surface area (Å²) >= 11 is 0. The first-order chi connectivity index (χ1) is 15.2. The van der Waals surface area contributed by atoms with Gasteiger partial charge in [0.2, 0.25) is 0 Å². The zero-order chi connectivity index (χ0) is 23.1. The van der Waals surface area contributed by atoms with Crippen LogP contribution in [0.5, 0.6) is 0 Å². The summed E-state index contributed by atoms with van der Waals surface area (Å²) in [6.45, 7) is 1.84. The number of non-ortho nitro benzene ring substituents is 1. The Morgan fingerprint density at radius 3 is 2.16 bits per heavy atom. The van der Waals surface area contributed by atoms with Crippen LogP contribution >= 0.6 is 0 Å². The summed E-state index contributed by atoms with van der Waals surface area (Å²) in [5, 5.41) is 11.7. The number of hydrogen-bond acceptors (Lipinski definition) is 5. The van der Waals surface area contributed by atoms with Crippen LogP contribution in [0.15, 0.2) is 89.8 Å². The van der Waals surface area contributed by atoms with Crippen LogP contribution < -0.4 is 0 Å². The minimum Gasteiger partial charge on any atom is -0.282 e. The highest BCUT2D eigenvalue weighted by Gasteiger charge is 2.07. The fourth-order valence-electron chi connectivity index (χ4n) is 2.77. The topological polar surface area (TPSA) is 110 Å². The second-order valence-electron chi connectivity index (χ2n) is 6.90. The molecule has 0 aliphatic heterocycles. The number of hydrogen-bond donors (Lipinski definition) is 1. The van der Waals surface area contributed by atoms with E-state index in [1.165, 1.54) is 24.3 Å². The molecule has 0 fully saturated rings. The van der Waals surface area contributed by atoms with Crippen molar-refractivity contribution in [1.29, 1.82) is 0 Å². The van der Waals surface area contributed by atoms with Crippen LogP contribution in [-0.4, -0.2) is 22.9 Å². The summed E-state index contributed by atoms with van der Waals surface area (Å²) in [5.74, 6) is 0. The van der Waals surface area contributed by atoms with E-state index in [0.29, 0.717) is 0 Å². The molecule has 162 valence electrons. The van der Waals surface area contributed by atoms with E-state index in [-0.39, 0.29) is 10.6 Å². The molecule has 0 radical (unpaired) electrons. The Morgan fingerprint density at radius 1 is 0.875 bits per heavy atom. The number of rotatable bonds is 4. The Bertz CT molecular complexity index is 1360. The molecule has 32 heavy (non-hydrogen) atoms. The lowest BCUT2D eigenvalue weighted by atomic mass is 10.1. The second-order valence-corrected chi connectivity index (χ2v) is 8.32. The number of nitrogens with zero attached hydrogens (tertiary/aromatic N) is 2. The van der Waals surface area contributed by atoms with E-state index < -0.39 is 15.0 Å². The number of pyridine rings is 1. The molecule has 4 rings (SSSR count). The predicted octanol–water partition coefficient (Wildman–Crippen LogP) is 5.56. The quantitative estimate of drug-likeness (QED) is 0.249.